The minimum atomic E-state index is 0.0477. The van der Waals surface area contributed by atoms with Crippen molar-refractivity contribution < 1.29 is 9.21 Å². The molecule has 2 aromatic heterocycles. The lowest BCUT2D eigenvalue weighted by atomic mass is 10.2. The lowest BCUT2D eigenvalue weighted by Crippen LogP contribution is -2.47. The Bertz CT molecular complexity index is 906. The molecular weight excluding hydrogens is 338 g/mol. The molecule has 0 atom stereocenters. The summed E-state index contributed by atoms with van der Waals surface area (Å²) in [7, 11) is 2.08. The third-order valence-electron chi connectivity index (χ3n) is 4.82. The van der Waals surface area contributed by atoms with Crippen molar-refractivity contribution >= 4 is 28.6 Å². The monoisotopic (exact) mass is 357 g/mol. The topological polar surface area (TPSA) is 41.6 Å². The van der Waals surface area contributed by atoms with Crippen molar-refractivity contribution in [1.29, 1.82) is 0 Å². The number of rotatable bonds is 3. The van der Waals surface area contributed by atoms with Crippen LogP contribution in [0, 0.1) is 0 Å². The Morgan fingerprint density at radius 1 is 1.16 bits per heavy atom. The highest BCUT2D eigenvalue weighted by atomic mass is 35.5. The molecule has 1 amide bonds. The second kappa shape index (κ2) is 6.58. The van der Waals surface area contributed by atoms with E-state index in [-0.39, 0.29) is 5.91 Å². The van der Waals surface area contributed by atoms with Crippen molar-refractivity contribution in [3.8, 4) is 0 Å². The van der Waals surface area contributed by atoms with E-state index in [2.05, 4.69) is 11.9 Å². The first-order chi connectivity index (χ1) is 12.1. The number of piperazine rings is 1. The van der Waals surface area contributed by atoms with Crippen molar-refractivity contribution in [3.05, 3.63) is 58.9 Å². The number of carbonyl (C=O) groups excluding carboxylic acids is 1. The van der Waals surface area contributed by atoms with Crippen LogP contribution in [0.15, 0.2) is 47.1 Å². The molecular formula is C19H20ClN3O2. The van der Waals surface area contributed by atoms with Gasteiger partial charge in [-0.15, -0.1) is 0 Å². The quantitative estimate of drug-likeness (QED) is 0.722. The number of halogens is 1. The van der Waals surface area contributed by atoms with Gasteiger partial charge in [0.15, 0.2) is 5.58 Å². The normalized spacial score (nSPS) is 15.8. The van der Waals surface area contributed by atoms with Gasteiger partial charge in [-0.2, -0.15) is 0 Å². The largest absolute Gasteiger partial charge is 0.463 e. The Hall–Kier alpha value is -2.24. The van der Waals surface area contributed by atoms with Crippen LogP contribution in [-0.2, 0) is 6.54 Å². The number of carbonyl (C=O) groups is 1. The van der Waals surface area contributed by atoms with E-state index in [1.807, 2.05) is 45.9 Å². The Kier molecular flexibility index (Phi) is 4.27. The summed E-state index contributed by atoms with van der Waals surface area (Å²) in [6, 6.07) is 11.5. The van der Waals surface area contributed by atoms with E-state index < -0.39 is 0 Å². The lowest BCUT2D eigenvalue weighted by molar-refractivity contribution is 0.0654. The lowest BCUT2D eigenvalue weighted by Gasteiger charge is -2.32. The van der Waals surface area contributed by atoms with Crippen LogP contribution >= 0.6 is 11.6 Å². The summed E-state index contributed by atoms with van der Waals surface area (Å²) < 4.78 is 7.53. The molecule has 1 aliphatic rings. The number of benzene rings is 1. The van der Waals surface area contributed by atoms with Crippen LogP contribution in [0.2, 0.25) is 5.02 Å². The van der Waals surface area contributed by atoms with Crippen LogP contribution in [0.4, 0.5) is 0 Å². The summed E-state index contributed by atoms with van der Waals surface area (Å²) in [5.41, 5.74) is 3.27. The zero-order chi connectivity index (χ0) is 17.4. The van der Waals surface area contributed by atoms with Gasteiger partial charge in [0.1, 0.15) is 5.69 Å². The Morgan fingerprint density at radius 2 is 1.92 bits per heavy atom. The maximum atomic E-state index is 13.1. The minimum Gasteiger partial charge on any atom is -0.463 e. The molecule has 0 aliphatic carbocycles. The van der Waals surface area contributed by atoms with Gasteiger partial charge in [-0.1, -0.05) is 29.8 Å². The standard InChI is InChI=1S/C19H20ClN3O2/c1-21-7-9-22(10-8-21)19(24)17-12-18-16(6-11-25-18)23(17)13-14-4-2-3-5-15(14)20/h2-6,11-12H,7-10,13H2,1H3. The van der Waals surface area contributed by atoms with Crippen LogP contribution in [0.3, 0.4) is 0 Å². The maximum Gasteiger partial charge on any atom is 0.270 e. The number of aromatic nitrogens is 1. The molecule has 1 aliphatic heterocycles. The fourth-order valence-corrected chi connectivity index (χ4v) is 3.49. The summed E-state index contributed by atoms with van der Waals surface area (Å²) >= 11 is 6.33. The van der Waals surface area contributed by atoms with E-state index in [0.717, 1.165) is 42.8 Å². The highest BCUT2D eigenvalue weighted by Gasteiger charge is 2.25. The van der Waals surface area contributed by atoms with Crippen LogP contribution in [-0.4, -0.2) is 53.5 Å². The maximum absolute atomic E-state index is 13.1. The average Bonchev–Trinajstić information content (AvgIpc) is 3.19. The minimum absolute atomic E-state index is 0.0477. The van der Waals surface area contributed by atoms with Gasteiger partial charge < -0.3 is 18.8 Å². The number of hydrogen-bond donors (Lipinski definition) is 0. The van der Waals surface area contributed by atoms with Crippen molar-refractivity contribution in [2.75, 3.05) is 33.2 Å². The van der Waals surface area contributed by atoms with E-state index in [1.54, 1.807) is 6.26 Å². The molecule has 0 unspecified atom stereocenters. The Balaban J connectivity index is 1.70. The molecule has 0 saturated carbocycles. The number of amides is 1. The van der Waals surface area contributed by atoms with Gasteiger partial charge in [0.05, 0.1) is 11.8 Å². The Labute approximate surface area is 151 Å². The van der Waals surface area contributed by atoms with Crippen LogP contribution < -0.4 is 0 Å². The molecule has 130 valence electrons. The van der Waals surface area contributed by atoms with E-state index in [9.17, 15) is 4.79 Å². The molecule has 1 aromatic carbocycles. The number of hydrogen-bond acceptors (Lipinski definition) is 3. The molecule has 3 aromatic rings. The van der Waals surface area contributed by atoms with Crippen LogP contribution in [0.25, 0.3) is 11.1 Å². The highest BCUT2D eigenvalue weighted by molar-refractivity contribution is 6.31. The zero-order valence-corrected chi connectivity index (χ0v) is 14.9. The van der Waals surface area contributed by atoms with Gasteiger partial charge in [0, 0.05) is 49.9 Å². The van der Waals surface area contributed by atoms with E-state index in [4.69, 9.17) is 16.0 Å². The molecule has 0 spiro atoms. The molecule has 0 radical (unpaired) electrons. The molecule has 6 heteroatoms. The third kappa shape index (κ3) is 3.05. The van der Waals surface area contributed by atoms with E-state index in [1.165, 1.54) is 0 Å². The van der Waals surface area contributed by atoms with Gasteiger partial charge in [0.2, 0.25) is 0 Å². The second-order valence-electron chi connectivity index (χ2n) is 6.47. The number of nitrogens with zero attached hydrogens (tertiary/aromatic N) is 3. The van der Waals surface area contributed by atoms with Crippen LogP contribution in [0.5, 0.6) is 0 Å². The van der Waals surface area contributed by atoms with E-state index in [0.29, 0.717) is 17.3 Å². The summed E-state index contributed by atoms with van der Waals surface area (Å²) in [5, 5.41) is 0.700. The van der Waals surface area contributed by atoms with Gasteiger partial charge in [0.25, 0.3) is 5.91 Å². The fourth-order valence-electron chi connectivity index (χ4n) is 3.29. The summed E-state index contributed by atoms with van der Waals surface area (Å²) in [6.07, 6.45) is 1.65. The molecule has 0 bridgehead atoms. The van der Waals surface area contributed by atoms with E-state index >= 15 is 0 Å². The molecule has 0 N–H and O–H groups in total. The predicted molar refractivity (Wildman–Crippen MR) is 98.2 cm³/mol. The SMILES string of the molecule is CN1CCN(C(=O)c2cc3occc3n2Cc2ccccc2Cl)CC1. The average molecular weight is 358 g/mol. The number of furan rings is 1. The third-order valence-corrected chi connectivity index (χ3v) is 5.19. The highest BCUT2D eigenvalue weighted by Crippen LogP contribution is 2.26. The number of likely N-dealkylation sites (N-methyl/N-ethyl adjacent to an activating group) is 1. The van der Waals surface area contributed by atoms with Gasteiger partial charge >= 0.3 is 0 Å². The van der Waals surface area contributed by atoms with Gasteiger partial charge in [-0.3, -0.25) is 4.79 Å². The predicted octanol–water partition coefficient (Wildman–Crippen LogP) is 3.32. The van der Waals surface area contributed by atoms with Gasteiger partial charge in [-0.25, -0.2) is 0 Å². The second-order valence-corrected chi connectivity index (χ2v) is 6.88. The van der Waals surface area contributed by atoms with Crippen molar-refractivity contribution in [3.63, 3.8) is 0 Å². The first-order valence-corrected chi connectivity index (χ1v) is 8.79. The fraction of sp³-hybridized carbons (Fsp3) is 0.316. The molecule has 1 saturated heterocycles. The molecule has 25 heavy (non-hydrogen) atoms. The first-order valence-electron chi connectivity index (χ1n) is 8.41. The van der Waals surface area contributed by atoms with Gasteiger partial charge in [-0.05, 0) is 18.7 Å². The zero-order valence-electron chi connectivity index (χ0n) is 14.1. The van der Waals surface area contributed by atoms with Crippen LogP contribution in [0.1, 0.15) is 16.1 Å². The first kappa shape index (κ1) is 16.2. The summed E-state index contributed by atoms with van der Waals surface area (Å²) in [6.45, 7) is 3.82. The van der Waals surface area contributed by atoms with Crippen molar-refractivity contribution in [2.24, 2.45) is 0 Å². The smallest absolute Gasteiger partial charge is 0.270 e. The van der Waals surface area contributed by atoms with Crippen molar-refractivity contribution in [1.82, 2.24) is 14.4 Å². The summed E-state index contributed by atoms with van der Waals surface area (Å²) in [5.74, 6) is 0.0477. The molecule has 3 heterocycles. The molecule has 4 rings (SSSR count). The van der Waals surface area contributed by atoms with Crippen molar-refractivity contribution in [2.45, 2.75) is 6.54 Å². The molecule has 5 nitrogen and oxygen atoms in total. The Morgan fingerprint density at radius 3 is 2.68 bits per heavy atom. The molecule has 1 fully saturated rings. The number of fused-ring (bicyclic) bond motifs is 1. The summed E-state index contributed by atoms with van der Waals surface area (Å²) in [4.78, 5) is 17.2.